The maximum absolute atomic E-state index is 13.9. The fourth-order valence-corrected chi connectivity index (χ4v) is 4.33. The van der Waals surface area contributed by atoms with Crippen molar-refractivity contribution in [2.75, 3.05) is 36.8 Å². The summed E-state index contributed by atoms with van der Waals surface area (Å²) in [5.41, 5.74) is 9.06. The van der Waals surface area contributed by atoms with Crippen LogP contribution in [-0.4, -0.2) is 56.9 Å². The van der Waals surface area contributed by atoms with Gasteiger partial charge in [0.25, 0.3) is 0 Å². The van der Waals surface area contributed by atoms with E-state index >= 15 is 0 Å². The van der Waals surface area contributed by atoms with Crippen LogP contribution in [0.3, 0.4) is 0 Å². The number of halogens is 2. The molecule has 0 spiro atoms. The Morgan fingerprint density at radius 1 is 1.00 bits per heavy atom. The van der Waals surface area contributed by atoms with E-state index in [0.29, 0.717) is 45.2 Å². The zero-order valence-corrected chi connectivity index (χ0v) is 19.3. The summed E-state index contributed by atoms with van der Waals surface area (Å²) in [5, 5.41) is 5.90. The van der Waals surface area contributed by atoms with Crippen LogP contribution < -0.4 is 10.6 Å². The molecule has 0 atom stereocenters. The number of aromatic nitrogens is 4. The Balaban J connectivity index is 1.65. The molecule has 1 aliphatic rings. The molecule has 33 heavy (non-hydrogen) atoms. The summed E-state index contributed by atoms with van der Waals surface area (Å²) in [6.07, 6.45) is 0. The summed E-state index contributed by atoms with van der Waals surface area (Å²) in [7, 11) is 0. The predicted octanol–water partition coefficient (Wildman–Crippen LogP) is 4.39. The number of hydrogen-bond donors (Lipinski definition) is 1. The van der Waals surface area contributed by atoms with E-state index in [2.05, 4.69) is 28.7 Å². The highest BCUT2D eigenvalue weighted by Gasteiger charge is 2.24. The Morgan fingerprint density at radius 2 is 1.73 bits per heavy atom. The maximum atomic E-state index is 13.9. The van der Waals surface area contributed by atoms with Gasteiger partial charge in [0, 0.05) is 42.8 Å². The van der Waals surface area contributed by atoms with Crippen molar-refractivity contribution in [1.29, 1.82) is 0 Å². The number of fused-ring (bicyclic) bond motifs is 1. The predicted molar refractivity (Wildman–Crippen MR) is 130 cm³/mol. The smallest absolute Gasteiger partial charge is 0.228 e. The summed E-state index contributed by atoms with van der Waals surface area (Å²) >= 11 is 6.12. The van der Waals surface area contributed by atoms with Crippen LogP contribution in [-0.2, 0) is 0 Å². The molecule has 1 fully saturated rings. The van der Waals surface area contributed by atoms with Gasteiger partial charge >= 0.3 is 0 Å². The highest BCUT2D eigenvalue weighted by Crippen LogP contribution is 2.34. The number of benzene rings is 2. The highest BCUT2D eigenvalue weighted by atomic mass is 35.5. The summed E-state index contributed by atoms with van der Waals surface area (Å²) in [5.74, 6) is 0.607. The van der Waals surface area contributed by atoms with Crippen LogP contribution in [0.1, 0.15) is 13.8 Å². The molecule has 0 unspecified atom stereocenters. The van der Waals surface area contributed by atoms with Crippen LogP contribution in [0.4, 0.5) is 16.2 Å². The van der Waals surface area contributed by atoms with Crippen molar-refractivity contribution in [1.82, 2.24) is 24.6 Å². The van der Waals surface area contributed by atoms with E-state index in [0.717, 1.165) is 31.7 Å². The van der Waals surface area contributed by atoms with Crippen molar-refractivity contribution < 1.29 is 4.39 Å². The van der Waals surface area contributed by atoms with Gasteiger partial charge in [-0.25, -0.2) is 14.1 Å². The van der Waals surface area contributed by atoms with Gasteiger partial charge in [-0.3, -0.25) is 4.90 Å². The third kappa shape index (κ3) is 4.12. The van der Waals surface area contributed by atoms with E-state index in [1.807, 2.05) is 24.3 Å². The number of piperazine rings is 1. The van der Waals surface area contributed by atoms with Gasteiger partial charge in [-0.1, -0.05) is 29.8 Å². The molecule has 0 saturated carbocycles. The third-order valence-corrected chi connectivity index (χ3v) is 6.31. The lowest BCUT2D eigenvalue weighted by Gasteiger charge is -2.36. The number of anilines is 2. The molecule has 0 amide bonds. The first-order valence-corrected chi connectivity index (χ1v) is 11.4. The number of nitrogen functional groups attached to an aromatic ring is 1. The topological polar surface area (TPSA) is 76.1 Å². The molecule has 2 aromatic carbocycles. The van der Waals surface area contributed by atoms with E-state index in [1.54, 1.807) is 12.1 Å². The molecule has 0 bridgehead atoms. The molecule has 1 saturated heterocycles. The van der Waals surface area contributed by atoms with Crippen molar-refractivity contribution in [3.63, 3.8) is 0 Å². The average Bonchev–Trinajstić information content (AvgIpc) is 3.15. The van der Waals surface area contributed by atoms with Crippen molar-refractivity contribution in [2.24, 2.45) is 0 Å². The molecule has 7 nitrogen and oxygen atoms in total. The summed E-state index contributed by atoms with van der Waals surface area (Å²) in [6, 6.07) is 14.1. The van der Waals surface area contributed by atoms with Crippen LogP contribution in [0.25, 0.3) is 28.0 Å². The van der Waals surface area contributed by atoms with E-state index in [-0.39, 0.29) is 5.82 Å². The summed E-state index contributed by atoms with van der Waals surface area (Å²) in [4.78, 5) is 14.3. The van der Waals surface area contributed by atoms with E-state index in [4.69, 9.17) is 27.3 Å². The van der Waals surface area contributed by atoms with Gasteiger partial charge in [0.05, 0.1) is 16.8 Å². The molecule has 3 heterocycles. The number of rotatable bonds is 4. The van der Waals surface area contributed by atoms with Crippen LogP contribution in [0.2, 0.25) is 5.02 Å². The minimum absolute atomic E-state index is 0.358. The normalized spacial score (nSPS) is 15.0. The highest BCUT2D eigenvalue weighted by molar-refractivity contribution is 6.30. The van der Waals surface area contributed by atoms with E-state index < -0.39 is 0 Å². The van der Waals surface area contributed by atoms with Crippen molar-refractivity contribution in [2.45, 2.75) is 19.9 Å². The Bertz CT molecular complexity index is 1290. The minimum atomic E-state index is -0.362. The first-order chi connectivity index (χ1) is 15.9. The lowest BCUT2D eigenvalue weighted by Crippen LogP contribution is -2.49. The Labute approximate surface area is 196 Å². The molecule has 2 aromatic heterocycles. The SMILES string of the molecule is CC(C)N1CCN(c2nc(-c3ccc(Cl)cc3)c3c(N)n(-c4cccc(F)c4)nc3n2)CC1. The lowest BCUT2D eigenvalue weighted by molar-refractivity contribution is 0.208. The minimum Gasteiger partial charge on any atom is -0.383 e. The molecular weight excluding hydrogens is 441 g/mol. The summed E-state index contributed by atoms with van der Waals surface area (Å²) in [6.45, 7) is 7.94. The Morgan fingerprint density at radius 3 is 2.39 bits per heavy atom. The Kier molecular flexibility index (Phi) is 5.64. The zero-order valence-electron chi connectivity index (χ0n) is 18.5. The second-order valence-electron chi connectivity index (χ2n) is 8.47. The molecule has 0 aliphatic carbocycles. The monoisotopic (exact) mass is 465 g/mol. The molecule has 0 radical (unpaired) electrons. The largest absolute Gasteiger partial charge is 0.383 e. The standard InChI is InChI=1S/C24H25ClFN7/c1-15(2)31-10-12-32(13-11-31)24-28-21(16-6-8-17(25)9-7-16)20-22(27)33(30-23(20)29-24)19-5-3-4-18(26)14-19/h3-9,14-15H,10-13,27H2,1-2H3. The second-order valence-corrected chi connectivity index (χ2v) is 8.91. The second kappa shape index (κ2) is 8.61. The first-order valence-electron chi connectivity index (χ1n) is 11.0. The number of hydrogen-bond acceptors (Lipinski definition) is 6. The molecular formula is C24H25ClFN7. The van der Waals surface area contributed by atoms with Gasteiger partial charge in [0.1, 0.15) is 11.6 Å². The zero-order chi connectivity index (χ0) is 23.1. The van der Waals surface area contributed by atoms with Crippen molar-refractivity contribution in [3.8, 4) is 16.9 Å². The molecule has 4 aromatic rings. The van der Waals surface area contributed by atoms with Crippen LogP contribution in [0.15, 0.2) is 48.5 Å². The van der Waals surface area contributed by atoms with Gasteiger partial charge in [0.2, 0.25) is 5.95 Å². The molecule has 2 N–H and O–H groups in total. The van der Waals surface area contributed by atoms with E-state index in [1.165, 1.54) is 16.8 Å². The van der Waals surface area contributed by atoms with Gasteiger partial charge in [0.15, 0.2) is 5.65 Å². The molecule has 170 valence electrons. The van der Waals surface area contributed by atoms with Crippen molar-refractivity contribution >= 4 is 34.4 Å². The van der Waals surface area contributed by atoms with Gasteiger partial charge in [-0.15, -0.1) is 5.10 Å². The fraction of sp³-hybridized carbons (Fsp3) is 0.292. The summed E-state index contributed by atoms with van der Waals surface area (Å²) < 4.78 is 15.4. The van der Waals surface area contributed by atoms with Crippen LogP contribution >= 0.6 is 11.6 Å². The van der Waals surface area contributed by atoms with Crippen molar-refractivity contribution in [3.05, 3.63) is 59.4 Å². The maximum Gasteiger partial charge on any atom is 0.228 e. The third-order valence-electron chi connectivity index (χ3n) is 6.05. The van der Waals surface area contributed by atoms with Gasteiger partial charge in [-0.2, -0.15) is 4.98 Å². The molecule has 9 heteroatoms. The number of nitrogens with two attached hydrogens (primary N) is 1. The quantitative estimate of drug-likeness (QED) is 0.481. The van der Waals surface area contributed by atoms with Crippen LogP contribution in [0, 0.1) is 5.82 Å². The number of nitrogens with zero attached hydrogens (tertiary/aromatic N) is 6. The lowest BCUT2D eigenvalue weighted by atomic mass is 10.1. The van der Waals surface area contributed by atoms with Gasteiger partial charge in [-0.05, 0) is 44.2 Å². The van der Waals surface area contributed by atoms with Crippen LogP contribution in [0.5, 0.6) is 0 Å². The average molecular weight is 466 g/mol. The fourth-order valence-electron chi connectivity index (χ4n) is 4.20. The first kappa shape index (κ1) is 21.6. The molecule has 1 aliphatic heterocycles. The Hall–Kier alpha value is -3.23. The van der Waals surface area contributed by atoms with E-state index in [9.17, 15) is 4.39 Å². The van der Waals surface area contributed by atoms with Gasteiger partial charge < -0.3 is 10.6 Å². The molecule has 5 rings (SSSR count).